The van der Waals surface area contributed by atoms with Crippen molar-refractivity contribution in [1.29, 1.82) is 0 Å². The second kappa shape index (κ2) is 5.19. The van der Waals surface area contributed by atoms with Crippen LogP contribution in [0.1, 0.15) is 21.1 Å². The van der Waals surface area contributed by atoms with E-state index in [9.17, 15) is 9.59 Å². The van der Waals surface area contributed by atoms with Crippen LogP contribution >= 0.6 is 0 Å². The van der Waals surface area contributed by atoms with Gasteiger partial charge in [-0.1, -0.05) is 0 Å². The summed E-state index contributed by atoms with van der Waals surface area (Å²) in [5.41, 5.74) is 0.0463. The van der Waals surface area contributed by atoms with Gasteiger partial charge in [-0.3, -0.25) is 0 Å². The van der Waals surface area contributed by atoms with Crippen molar-refractivity contribution >= 4 is 11.9 Å². The van der Waals surface area contributed by atoms with Gasteiger partial charge >= 0.3 is 11.9 Å². The summed E-state index contributed by atoms with van der Waals surface area (Å²) in [6.07, 6.45) is 2.64. The number of aromatic amines is 2. The van der Waals surface area contributed by atoms with Gasteiger partial charge in [0.1, 0.15) is 0 Å². The Morgan fingerprint density at radius 2 is 2.00 bits per heavy atom. The van der Waals surface area contributed by atoms with Crippen LogP contribution < -0.4 is 0 Å². The normalized spacial score (nSPS) is 9.00. The third-order valence-electron chi connectivity index (χ3n) is 1.27. The monoisotopic (exact) mass is 226 g/mol. The predicted octanol–water partition coefficient (Wildman–Crippen LogP) is -0.994. The molecule has 84 valence electrons. The molecule has 0 aliphatic rings. The fraction of sp³-hybridized carbons (Fsp3) is 0. The van der Waals surface area contributed by atoms with Crippen molar-refractivity contribution in [3.05, 3.63) is 24.0 Å². The van der Waals surface area contributed by atoms with Crippen molar-refractivity contribution in [2.45, 2.75) is 0 Å². The van der Waals surface area contributed by atoms with Crippen molar-refractivity contribution in [2.75, 3.05) is 0 Å². The van der Waals surface area contributed by atoms with Crippen molar-refractivity contribution in [2.24, 2.45) is 0 Å². The van der Waals surface area contributed by atoms with E-state index in [0.717, 1.165) is 0 Å². The average molecular weight is 226 g/mol. The van der Waals surface area contributed by atoms with E-state index in [4.69, 9.17) is 10.2 Å². The Balaban J connectivity index is 0.000000160. The Hall–Kier alpha value is -2.78. The molecule has 4 N–H and O–H groups in total. The Kier molecular flexibility index (Phi) is 3.66. The Morgan fingerprint density at radius 3 is 2.25 bits per heavy atom. The first-order valence-electron chi connectivity index (χ1n) is 3.80. The smallest absolute Gasteiger partial charge is 0.375 e. The number of nitrogens with one attached hydrogen (secondary N) is 2. The summed E-state index contributed by atoms with van der Waals surface area (Å²) in [5, 5.41) is 27.5. The Labute approximate surface area is 87.3 Å². The maximum Gasteiger partial charge on any atom is 0.375 e. The number of aromatic carboxylic acids is 2. The molecule has 2 aromatic heterocycles. The SMILES string of the molecule is O=C(O)c1c[nH]cn1.O=C(O)c1nnn[nH]1. The minimum absolute atomic E-state index is 0.0463. The van der Waals surface area contributed by atoms with E-state index in [0.29, 0.717) is 0 Å². The zero-order chi connectivity index (χ0) is 12.0. The maximum atomic E-state index is 9.98. The molecule has 2 rings (SSSR count). The number of nitrogens with zero attached hydrogens (tertiary/aromatic N) is 4. The lowest BCUT2D eigenvalue weighted by Crippen LogP contribution is -1.98. The first-order valence-corrected chi connectivity index (χ1v) is 3.80. The molecule has 0 aromatic carbocycles. The first kappa shape index (κ1) is 11.3. The van der Waals surface area contributed by atoms with E-state index in [1.54, 1.807) is 0 Å². The van der Waals surface area contributed by atoms with Crippen LogP contribution in [0.25, 0.3) is 0 Å². The number of H-pyrrole nitrogens is 2. The van der Waals surface area contributed by atoms with Crippen LogP contribution in [0.4, 0.5) is 0 Å². The summed E-state index contributed by atoms with van der Waals surface area (Å²) in [5.74, 6) is -2.41. The van der Waals surface area contributed by atoms with Gasteiger partial charge in [0.05, 0.1) is 6.33 Å². The fourth-order valence-electron chi connectivity index (χ4n) is 0.627. The van der Waals surface area contributed by atoms with Gasteiger partial charge in [-0.25, -0.2) is 19.7 Å². The molecule has 2 heterocycles. The van der Waals surface area contributed by atoms with Gasteiger partial charge in [-0.2, -0.15) is 0 Å². The molecule has 0 unspecified atom stereocenters. The number of rotatable bonds is 2. The highest BCUT2D eigenvalue weighted by atomic mass is 16.4. The first-order chi connectivity index (χ1) is 7.61. The number of hydrogen-bond donors (Lipinski definition) is 4. The molecule has 16 heavy (non-hydrogen) atoms. The molecule has 0 spiro atoms. The molecule has 0 saturated carbocycles. The summed E-state index contributed by atoms with van der Waals surface area (Å²) in [7, 11) is 0. The van der Waals surface area contributed by atoms with Gasteiger partial charge in [-0.05, 0) is 10.4 Å². The van der Waals surface area contributed by atoms with Gasteiger partial charge in [0.25, 0.3) is 5.82 Å². The molecule has 0 aliphatic carbocycles. The molecule has 10 nitrogen and oxygen atoms in total. The highest BCUT2D eigenvalue weighted by molar-refractivity contribution is 5.84. The van der Waals surface area contributed by atoms with Crippen LogP contribution in [0.2, 0.25) is 0 Å². The number of carboxylic acids is 2. The van der Waals surface area contributed by atoms with Crippen molar-refractivity contribution in [3.8, 4) is 0 Å². The van der Waals surface area contributed by atoms with Gasteiger partial charge in [0.15, 0.2) is 5.69 Å². The molecule has 0 saturated heterocycles. The quantitative estimate of drug-likeness (QED) is 0.507. The summed E-state index contributed by atoms with van der Waals surface area (Å²) >= 11 is 0. The number of carbonyl (C=O) groups is 2. The van der Waals surface area contributed by atoms with Gasteiger partial charge < -0.3 is 15.2 Å². The Morgan fingerprint density at radius 1 is 1.25 bits per heavy atom. The molecule has 2 aromatic rings. The number of hydrogen-bond acceptors (Lipinski definition) is 6. The number of aromatic nitrogens is 6. The average Bonchev–Trinajstić information content (AvgIpc) is 2.93. The lowest BCUT2D eigenvalue weighted by Gasteiger charge is -1.77. The molecule has 0 fully saturated rings. The largest absolute Gasteiger partial charge is 0.476 e. The summed E-state index contributed by atoms with van der Waals surface area (Å²) in [4.78, 5) is 25.8. The minimum atomic E-state index is -1.16. The van der Waals surface area contributed by atoms with E-state index in [2.05, 4.69) is 30.6 Å². The summed E-state index contributed by atoms with van der Waals surface area (Å²) in [6.45, 7) is 0. The van der Waals surface area contributed by atoms with Gasteiger partial charge in [0, 0.05) is 6.20 Å². The number of carboxylic acid groups (broad SMARTS) is 2. The Bertz CT molecular complexity index is 405. The van der Waals surface area contributed by atoms with Crippen LogP contribution in [0.15, 0.2) is 12.5 Å². The van der Waals surface area contributed by atoms with E-state index in [-0.39, 0.29) is 11.5 Å². The molecule has 10 heteroatoms. The third kappa shape index (κ3) is 3.17. The summed E-state index contributed by atoms with van der Waals surface area (Å²) < 4.78 is 0. The maximum absolute atomic E-state index is 9.98. The van der Waals surface area contributed by atoms with E-state index >= 15 is 0 Å². The van der Waals surface area contributed by atoms with E-state index in [1.165, 1.54) is 12.5 Å². The number of tetrazole rings is 1. The van der Waals surface area contributed by atoms with Crippen molar-refractivity contribution < 1.29 is 19.8 Å². The summed E-state index contributed by atoms with van der Waals surface area (Å²) in [6, 6.07) is 0. The molecule has 0 bridgehead atoms. The topological polar surface area (TPSA) is 158 Å². The minimum Gasteiger partial charge on any atom is -0.476 e. The number of imidazole rings is 1. The van der Waals surface area contributed by atoms with E-state index < -0.39 is 11.9 Å². The highest BCUT2D eigenvalue weighted by Gasteiger charge is 2.03. The lowest BCUT2D eigenvalue weighted by molar-refractivity contribution is 0.0676. The van der Waals surface area contributed by atoms with Crippen molar-refractivity contribution in [1.82, 2.24) is 30.6 Å². The van der Waals surface area contributed by atoms with Crippen LogP contribution in [0, 0.1) is 0 Å². The fourth-order valence-corrected chi connectivity index (χ4v) is 0.627. The predicted molar refractivity (Wildman–Crippen MR) is 46.7 cm³/mol. The molecular weight excluding hydrogens is 220 g/mol. The molecule has 0 atom stereocenters. The van der Waals surface area contributed by atoms with Crippen LogP contribution in [0.5, 0.6) is 0 Å². The second-order valence-electron chi connectivity index (χ2n) is 2.31. The van der Waals surface area contributed by atoms with Crippen LogP contribution in [-0.2, 0) is 0 Å². The van der Waals surface area contributed by atoms with Gasteiger partial charge in [0.2, 0.25) is 0 Å². The second-order valence-corrected chi connectivity index (χ2v) is 2.31. The molecular formula is C6H6N6O4. The molecule has 0 amide bonds. The zero-order valence-electron chi connectivity index (χ0n) is 7.65. The molecule has 0 aliphatic heterocycles. The van der Waals surface area contributed by atoms with Crippen LogP contribution in [0.3, 0.4) is 0 Å². The van der Waals surface area contributed by atoms with E-state index in [1.807, 2.05) is 0 Å². The van der Waals surface area contributed by atoms with Crippen LogP contribution in [-0.4, -0.2) is 52.7 Å². The lowest BCUT2D eigenvalue weighted by atomic mass is 10.5. The third-order valence-corrected chi connectivity index (χ3v) is 1.27. The highest BCUT2D eigenvalue weighted by Crippen LogP contribution is 1.87. The standard InChI is InChI=1S/C4H4N2O2.C2H2N4O2/c7-4(8)3-1-5-2-6-3;7-2(8)1-3-5-6-4-1/h1-2H,(H,5,6)(H,7,8);(H,7,8)(H,3,4,5,6). The van der Waals surface area contributed by atoms with Gasteiger partial charge in [-0.15, -0.1) is 5.10 Å². The molecule has 0 radical (unpaired) electrons. The van der Waals surface area contributed by atoms with Crippen molar-refractivity contribution in [3.63, 3.8) is 0 Å². The zero-order valence-corrected chi connectivity index (χ0v) is 7.65.